The SMILES string of the molecule is CCCC(CBr)CN1CCN(c2ccc(F)cc2)CC1. The lowest BCUT2D eigenvalue weighted by Gasteiger charge is -2.37. The van der Waals surface area contributed by atoms with Crippen LogP contribution in [-0.2, 0) is 0 Å². The molecule has 1 fully saturated rings. The van der Waals surface area contributed by atoms with Crippen LogP contribution >= 0.6 is 15.9 Å². The van der Waals surface area contributed by atoms with Crippen molar-refractivity contribution < 1.29 is 4.39 Å². The number of anilines is 1. The number of piperazine rings is 1. The number of halogens is 2. The average Bonchev–Trinajstić information content (AvgIpc) is 2.48. The normalized spacial score (nSPS) is 18.2. The standard InChI is InChI=1S/C16H24BrFN2/c1-2-3-14(12-17)13-19-8-10-20(11-9-19)16-6-4-15(18)5-7-16/h4-7,14H,2-3,8-13H2,1H3. The number of benzene rings is 1. The molecule has 0 bridgehead atoms. The first-order valence-electron chi connectivity index (χ1n) is 7.51. The van der Waals surface area contributed by atoms with Crippen molar-refractivity contribution in [2.24, 2.45) is 5.92 Å². The van der Waals surface area contributed by atoms with Crippen LogP contribution in [0.15, 0.2) is 24.3 Å². The second-order valence-corrected chi connectivity index (χ2v) is 6.22. The smallest absolute Gasteiger partial charge is 0.123 e. The van der Waals surface area contributed by atoms with Gasteiger partial charge in [0.1, 0.15) is 5.82 Å². The summed E-state index contributed by atoms with van der Waals surface area (Å²) in [6, 6.07) is 6.85. The second kappa shape index (κ2) is 7.99. The van der Waals surface area contributed by atoms with E-state index in [2.05, 4.69) is 32.7 Å². The molecule has 0 aromatic heterocycles. The molecule has 0 N–H and O–H groups in total. The number of hydrogen-bond acceptors (Lipinski definition) is 2. The molecule has 1 saturated heterocycles. The van der Waals surface area contributed by atoms with Crippen molar-refractivity contribution in [1.82, 2.24) is 4.90 Å². The summed E-state index contributed by atoms with van der Waals surface area (Å²) in [5, 5.41) is 1.10. The van der Waals surface area contributed by atoms with E-state index in [0.717, 1.165) is 43.1 Å². The zero-order chi connectivity index (χ0) is 14.4. The first-order valence-corrected chi connectivity index (χ1v) is 8.64. The molecule has 0 radical (unpaired) electrons. The topological polar surface area (TPSA) is 6.48 Å². The highest BCUT2D eigenvalue weighted by atomic mass is 79.9. The van der Waals surface area contributed by atoms with Gasteiger partial charge in [-0.25, -0.2) is 4.39 Å². The van der Waals surface area contributed by atoms with Gasteiger partial charge in [0.15, 0.2) is 0 Å². The Balaban J connectivity index is 1.81. The summed E-state index contributed by atoms with van der Waals surface area (Å²) in [6.45, 7) is 7.72. The third kappa shape index (κ3) is 4.45. The molecular weight excluding hydrogens is 319 g/mol. The van der Waals surface area contributed by atoms with Crippen LogP contribution in [0.2, 0.25) is 0 Å². The molecular formula is C16H24BrFN2. The highest BCUT2D eigenvalue weighted by Crippen LogP contribution is 2.18. The van der Waals surface area contributed by atoms with Gasteiger partial charge < -0.3 is 4.90 Å². The van der Waals surface area contributed by atoms with E-state index >= 15 is 0 Å². The maximum atomic E-state index is 12.9. The summed E-state index contributed by atoms with van der Waals surface area (Å²) in [6.07, 6.45) is 2.55. The van der Waals surface area contributed by atoms with Crippen LogP contribution in [0.25, 0.3) is 0 Å². The summed E-state index contributed by atoms with van der Waals surface area (Å²) in [5.41, 5.74) is 1.14. The Morgan fingerprint density at radius 3 is 2.35 bits per heavy atom. The first kappa shape index (κ1) is 15.8. The fourth-order valence-electron chi connectivity index (χ4n) is 2.83. The number of alkyl halides is 1. The maximum Gasteiger partial charge on any atom is 0.123 e. The molecule has 112 valence electrons. The summed E-state index contributed by atoms with van der Waals surface area (Å²) >= 11 is 3.63. The molecule has 1 atom stereocenters. The fourth-order valence-corrected chi connectivity index (χ4v) is 3.36. The molecule has 0 amide bonds. The maximum absolute atomic E-state index is 12.9. The summed E-state index contributed by atoms with van der Waals surface area (Å²) < 4.78 is 12.9. The Bertz CT molecular complexity index is 388. The molecule has 1 unspecified atom stereocenters. The Morgan fingerprint density at radius 2 is 1.80 bits per heavy atom. The molecule has 0 spiro atoms. The second-order valence-electron chi connectivity index (χ2n) is 5.57. The Morgan fingerprint density at radius 1 is 1.15 bits per heavy atom. The molecule has 2 rings (SSSR count). The van der Waals surface area contributed by atoms with Crippen molar-refractivity contribution in [2.75, 3.05) is 43.0 Å². The van der Waals surface area contributed by atoms with Gasteiger partial charge in [-0.05, 0) is 36.6 Å². The molecule has 4 heteroatoms. The van der Waals surface area contributed by atoms with Crippen LogP contribution in [-0.4, -0.2) is 43.0 Å². The minimum atomic E-state index is -0.160. The van der Waals surface area contributed by atoms with E-state index in [4.69, 9.17) is 0 Å². The van der Waals surface area contributed by atoms with E-state index in [1.165, 1.54) is 19.4 Å². The van der Waals surface area contributed by atoms with Gasteiger partial charge in [0.25, 0.3) is 0 Å². The van der Waals surface area contributed by atoms with Crippen LogP contribution in [0.4, 0.5) is 10.1 Å². The minimum Gasteiger partial charge on any atom is -0.369 e. The summed E-state index contributed by atoms with van der Waals surface area (Å²) in [5.74, 6) is 0.601. The number of nitrogens with zero attached hydrogens (tertiary/aromatic N) is 2. The van der Waals surface area contributed by atoms with E-state index < -0.39 is 0 Å². The van der Waals surface area contributed by atoms with Crippen molar-refractivity contribution in [3.63, 3.8) is 0 Å². The lowest BCUT2D eigenvalue weighted by atomic mass is 10.1. The minimum absolute atomic E-state index is 0.160. The van der Waals surface area contributed by atoms with Crippen LogP contribution in [0.1, 0.15) is 19.8 Å². The molecule has 1 aromatic rings. The predicted octanol–water partition coefficient (Wildman–Crippen LogP) is 3.76. The third-order valence-corrected chi connectivity index (χ3v) is 4.91. The van der Waals surface area contributed by atoms with Crippen molar-refractivity contribution in [3.8, 4) is 0 Å². The van der Waals surface area contributed by atoms with Gasteiger partial charge in [-0.1, -0.05) is 29.3 Å². The van der Waals surface area contributed by atoms with E-state index in [-0.39, 0.29) is 5.82 Å². The van der Waals surface area contributed by atoms with E-state index in [1.807, 2.05) is 12.1 Å². The molecule has 1 heterocycles. The first-order chi connectivity index (χ1) is 9.72. The van der Waals surface area contributed by atoms with Crippen molar-refractivity contribution in [1.29, 1.82) is 0 Å². The average molecular weight is 343 g/mol. The van der Waals surface area contributed by atoms with Gasteiger partial charge >= 0.3 is 0 Å². The van der Waals surface area contributed by atoms with Gasteiger partial charge in [-0.15, -0.1) is 0 Å². The van der Waals surface area contributed by atoms with Gasteiger partial charge in [0.05, 0.1) is 0 Å². The van der Waals surface area contributed by atoms with Crippen LogP contribution in [0.5, 0.6) is 0 Å². The zero-order valence-corrected chi connectivity index (χ0v) is 13.8. The van der Waals surface area contributed by atoms with Crippen molar-refractivity contribution in [2.45, 2.75) is 19.8 Å². The Kier molecular flexibility index (Phi) is 6.30. The van der Waals surface area contributed by atoms with E-state index in [1.54, 1.807) is 12.1 Å². The quantitative estimate of drug-likeness (QED) is 0.726. The zero-order valence-electron chi connectivity index (χ0n) is 12.2. The van der Waals surface area contributed by atoms with Crippen molar-refractivity contribution in [3.05, 3.63) is 30.1 Å². The third-order valence-electron chi connectivity index (χ3n) is 4.00. The molecule has 1 aromatic carbocycles. The van der Waals surface area contributed by atoms with Crippen LogP contribution in [0, 0.1) is 11.7 Å². The van der Waals surface area contributed by atoms with Crippen molar-refractivity contribution >= 4 is 21.6 Å². The monoisotopic (exact) mass is 342 g/mol. The number of rotatable bonds is 6. The highest BCUT2D eigenvalue weighted by Gasteiger charge is 2.19. The molecule has 0 aliphatic carbocycles. The molecule has 20 heavy (non-hydrogen) atoms. The van der Waals surface area contributed by atoms with Gasteiger partial charge in [0.2, 0.25) is 0 Å². The van der Waals surface area contributed by atoms with Crippen LogP contribution in [0.3, 0.4) is 0 Å². The van der Waals surface area contributed by atoms with Gasteiger partial charge in [-0.3, -0.25) is 4.90 Å². The molecule has 0 saturated carbocycles. The highest BCUT2D eigenvalue weighted by molar-refractivity contribution is 9.09. The summed E-state index contributed by atoms with van der Waals surface area (Å²) in [4.78, 5) is 4.90. The fraction of sp³-hybridized carbons (Fsp3) is 0.625. The molecule has 1 aliphatic heterocycles. The van der Waals surface area contributed by atoms with Gasteiger partial charge in [0, 0.05) is 43.7 Å². The Labute approximate surface area is 130 Å². The van der Waals surface area contributed by atoms with Crippen LogP contribution < -0.4 is 4.90 Å². The predicted molar refractivity (Wildman–Crippen MR) is 87.2 cm³/mol. The van der Waals surface area contributed by atoms with E-state index in [0.29, 0.717) is 0 Å². The van der Waals surface area contributed by atoms with E-state index in [9.17, 15) is 4.39 Å². The number of hydrogen-bond donors (Lipinski definition) is 0. The van der Waals surface area contributed by atoms with Gasteiger partial charge in [-0.2, -0.15) is 0 Å². The largest absolute Gasteiger partial charge is 0.369 e. The lowest BCUT2D eigenvalue weighted by molar-refractivity contribution is 0.222. The molecule has 1 aliphatic rings. The Hall–Kier alpha value is -0.610. The lowest BCUT2D eigenvalue weighted by Crippen LogP contribution is -2.48. The molecule has 2 nitrogen and oxygen atoms in total. The summed E-state index contributed by atoms with van der Waals surface area (Å²) in [7, 11) is 0.